The molecule has 2 aromatic rings. The Morgan fingerprint density at radius 3 is 2.50 bits per heavy atom. The summed E-state index contributed by atoms with van der Waals surface area (Å²) in [5.74, 6) is 0.452. The molecule has 0 unspecified atom stereocenters. The van der Waals surface area contributed by atoms with Crippen molar-refractivity contribution in [1.82, 2.24) is 10.6 Å². The molecule has 9 heteroatoms. The molecule has 1 aliphatic rings. The van der Waals surface area contributed by atoms with Gasteiger partial charge in [0.15, 0.2) is 5.78 Å². The number of carbonyl (C=O) groups is 3. The number of amides is 2. The molecule has 0 saturated heterocycles. The number of Topliss-reactive ketones (excluding diaryl/α,β-unsaturated/α-hetero) is 1. The molecule has 2 N–H and O–H groups in total. The zero-order valence-electron chi connectivity index (χ0n) is 21.4. The van der Waals surface area contributed by atoms with Gasteiger partial charge in [-0.05, 0) is 63.1 Å². The molecule has 0 bridgehead atoms. The van der Waals surface area contributed by atoms with E-state index in [9.17, 15) is 14.4 Å². The van der Waals surface area contributed by atoms with E-state index in [1.807, 2.05) is 18.2 Å². The minimum Gasteiger partial charge on any atom is -0.444 e. The van der Waals surface area contributed by atoms with Gasteiger partial charge in [0.2, 0.25) is 0 Å². The number of anilines is 1. The van der Waals surface area contributed by atoms with Crippen molar-refractivity contribution in [2.24, 2.45) is 5.92 Å². The Hall–Kier alpha value is -2.55. The second-order valence-corrected chi connectivity index (χ2v) is 11.7. The van der Waals surface area contributed by atoms with E-state index in [0.29, 0.717) is 27.9 Å². The summed E-state index contributed by atoms with van der Waals surface area (Å²) in [6.45, 7) is 10.7. The Kier molecular flexibility index (Phi) is 9.44. The molecule has 7 nitrogen and oxygen atoms in total. The Balaban J connectivity index is 1.91. The molecule has 1 atom stereocenters. The van der Waals surface area contributed by atoms with Gasteiger partial charge in [-0.3, -0.25) is 9.59 Å². The fraction of sp³-hybridized carbons (Fsp3) is 0.444. The Morgan fingerprint density at radius 2 is 1.86 bits per heavy atom. The second kappa shape index (κ2) is 12.1. The van der Waals surface area contributed by atoms with Crippen LogP contribution in [0.5, 0.6) is 0 Å². The Labute approximate surface area is 222 Å². The normalized spacial score (nSPS) is 15.9. The van der Waals surface area contributed by atoms with Crippen molar-refractivity contribution in [3.05, 3.63) is 58.6 Å². The summed E-state index contributed by atoms with van der Waals surface area (Å²) in [5.41, 5.74) is 1.36. The van der Waals surface area contributed by atoms with Crippen LogP contribution < -0.4 is 15.5 Å². The lowest BCUT2D eigenvalue weighted by molar-refractivity contribution is -0.120. The Bertz CT molecular complexity index is 1100. The lowest BCUT2D eigenvalue weighted by Gasteiger charge is -2.27. The molecule has 2 aromatic carbocycles. The third kappa shape index (κ3) is 7.98. The number of thioether (sulfide) groups is 1. The maximum absolute atomic E-state index is 13.7. The standard InChI is InChI=1S/C27H34ClN3O4S/c1-17(2)13-29-14-23(32)19-8-11-24-22(12-19)31(15-18-6-9-20(28)10-7-18)25(33)21(16-36-24)30-26(34)35-27(3,4)5/h6-12,17,21,29H,13-16H2,1-5H3,(H,30,34)/t21-/m0/s1. The molecule has 0 fully saturated rings. The highest BCUT2D eigenvalue weighted by Crippen LogP contribution is 2.36. The lowest BCUT2D eigenvalue weighted by Crippen LogP contribution is -2.50. The first-order chi connectivity index (χ1) is 16.9. The first kappa shape index (κ1) is 28.0. The molecule has 1 heterocycles. The number of nitrogens with zero attached hydrogens (tertiary/aromatic N) is 1. The molecule has 0 spiro atoms. The van der Waals surface area contributed by atoms with Gasteiger partial charge < -0.3 is 20.3 Å². The van der Waals surface area contributed by atoms with Crippen LogP contribution in [0.3, 0.4) is 0 Å². The van der Waals surface area contributed by atoms with Crippen molar-refractivity contribution in [3.8, 4) is 0 Å². The predicted molar refractivity (Wildman–Crippen MR) is 145 cm³/mol. The molecule has 0 aromatic heterocycles. The van der Waals surface area contributed by atoms with Gasteiger partial charge in [-0.1, -0.05) is 43.6 Å². The summed E-state index contributed by atoms with van der Waals surface area (Å²) in [6.07, 6.45) is -0.647. The predicted octanol–water partition coefficient (Wildman–Crippen LogP) is 5.30. The molecule has 0 saturated carbocycles. The van der Waals surface area contributed by atoms with Crippen molar-refractivity contribution < 1.29 is 19.1 Å². The zero-order valence-corrected chi connectivity index (χ0v) is 23.0. The highest BCUT2D eigenvalue weighted by molar-refractivity contribution is 7.99. The lowest BCUT2D eigenvalue weighted by atomic mass is 10.1. The van der Waals surface area contributed by atoms with Crippen LogP contribution in [0.25, 0.3) is 0 Å². The van der Waals surface area contributed by atoms with Crippen LogP contribution in [0.15, 0.2) is 47.4 Å². The van der Waals surface area contributed by atoms with Crippen LogP contribution in [0, 0.1) is 5.92 Å². The van der Waals surface area contributed by atoms with E-state index in [4.69, 9.17) is 16.3 Å². The minimum atomic E-state index is -0.795. The molecule has 194 valence electrons. The van der Waals surface area contributed by atoms with Gasteiger partial charge in [0.05, 0.1) is 18.8 Å². The van der Waals surface area contributed by atoms with E-state index in [1.165, 1.54) is 11.8 Å². The average molecular weight is 532 g/mol. The van der Waals surface area contributed by atoms with Crippen LogP contribution in [-0.2, 0) is 16.1 Å². The third-order valence-corrected chi connectivity index (χ3v) is 6.73. The SMILES string of the molecule is CC(C)CNCC(=O)c1ccc2c(c1)N(Cc1ccc(Cl)cc1)C(=O)[C@@H](NC(=O)OC(C)(C)C)CS2. The summed E-state index contributed by atoms with van der Waals surface area (Å²) in [6, 6.07) is 11.9. The number of halogens is 1. The van der Waals surface area contributed by atoms with Crippen LogP contribution in [0.2, 0.25) is 5.02 Å². The van der Waals surface area contributed by atoms with Gasteiger partial charge in [0.25, 0.3) is 5.91 Å². The molecule has 36 heavy (non-hydrogen) atoms. The van der Waals surface area contributed by atoms with Crippen molar-refractivity contribution in [1.29, 1.82) is 0 Å². The molecular weight excluding hydrogens is 498 g/mol. The van der Waals surface area contributed by atoms with Crippen molar-refractivity contribution >= 4 is 46.8 Å². The maximum Gasteiger partial charge on any atom is 0.408 e. The van der Waals surface area contributed by atoms with E-state index in [1.54, 1.807) is 49.9 Å². The largest absolute Gasteiger partial charge is 0.444 e. The van der Waals surface area contributed by atoms with Crippen LogP contribution in [0.4, 0.5) is 10.5 Å². The molecule has 1 aliphatic heterocycles. The van der Waals surface area contributed by atoms with Gasteiger partial charge in [-0.25, -0.2) is 4.79 Å². The highest BCUT2D eigenvalue weighted by atomic mass is 35.5. The first-order valence-electron chi connectivity index (χ1n) is 12.0. The van der Waals surface area contributed by atoms with Gasteiger partial charge in [0.1, 0.15) is 11.6 Å². The van der Waals surface area contributed by atoms with Crippen molar-refractivity contribution in [2.45, 2.75) is 57.7 Å². The number of ketones is 1. The molecule has 0 aliphatic carbocycles. The van der Waals surface area contributed by atoms with E-state index in [0.717, 1.165) is 17.0 Å². The Morgan fingerprint density at radius 1 is 1.17 bits per heavy atom. The van der Waals surface area contributed by atoms with Crippen LogP contribution in [0.1, 0.15) is 50.5 Å². The van der Waals surface area contributed by atoms with Crippen LogP contribution in [-0.4, -0.2) is 48.3 Å². The first-order valence-corrected chi connectivity index (χ1v) is 13.4. The maximum atomic E-state index is 13.7. The smallest absolute Gasteiger partial charge is 0.408 e. The number of fused-ring (bicyclic) bond motifs is 1. The monoisotopic (exact) mass is 531 g/mol. The van der Waals surface area contributed by atoms with E-state index < -0.39 is 17.7 Å². The quantitative estimate of drug-likeness (QED) is 0.449. The van der Waals surface area contributed by atoms with E-state index in [-0.39, 0.29) is 24.8 Å². The second-order valence-electron chi connectivity index (χ2n) is 10.2. The van der Waals surface area contributed by atoms with Gasteiger partial charge in [0, 0.05) is 21.2 Å². The topological polar surface area (TPSA) is 87.7 Å². The zero-order chi connectivity index (χ0) is 26.5. The summed E-state index contributed by atoms with van der Waals surface area (Å²) in [5, 5.41) is 6.51. The van der Waals surface area contributed by atoms with Gasteiger partial charge >= 0.3 is 6.09 Å². The fourth-order valence-electron chi connectivity index (χ4n) is 3.64. The number of rotatable bonds is 8. The molecule has 3 rings (SSSR count). The molecular formula is C27H34ClN3O4S. The van der Waals surface area contributed by atoms with E-state index in [2.05, 4.69) is 24.5 Å². The number of hydrogen-bond donors (Lipinski definition) is 2. The summed E-state index contributed by atoms with van der Waals surface area (Å²) in [4.78, 5) is 41.5. The van der Waals surface area contributed by atoms with Crippen LogP contribution >= 0.6 is 23.4 Å². The highest BCUT2D eigenvalue weighted by Gasteiger charge is 2.33. The van der Waals surface area contributed by atoms with E-state index >= 15 is 0 Å². The minimum absolute atomic E-state index is 0.0463. The van der Waals surface area contributed by atoms with Gasteiger partial charge in [-0.2, -0.15) is 0 Å². The summed E-state index contributed by atoms with van der Waals surface area (Å²) < 4.78 is 5.38. The number of carbonyl (C=O) groups excluding carboxylic acids is 3. The molecule has 2 amide bonds. The van der Waals surface area contributed by atoms with Crippen molar-refractivity contribution in [2.75, 3.05) is 23.7 Å². The number of nitrogens with one attached hydrogen (secondary N) is 2. The summed E-state index contributed by atoms with van der Waals surface area (Å²) in [7, 11) is 0. The number of ether oxygens (including phenoxy) is 1. The molecule has 0 radical (unpaired) electrons. The third-order valence-electron chi connectivity index (χ3n) is 5.32. The number of alkyl carbamates (subject to hydrolysis) is 1. The number of hydrogen-bond acceptors (Lipinski definition) is 6. The fourth-order valence-corrected chi connectivity index (χ4v) is 4.82. The average Bonchev–Trinajstić information content (AvgIpc) is 2.91. The van der Waals surface area contributed by atoms with Crippen molar-refractivity contribution in [3.63, 3.8) is 0 Å². The van der Waals surface area contributed by atoms with Gasteiger partial charge in [-0.15, -0.1) is 11.8 Å². The number of benzene rings is 2. The summed E-state index contributed by atoms with van der Waals surface area (Å²) >= 11 is 7.51.